The van der Waals surface area contributed by atoms with Crippen LogP contribution in [0, 0.1) is 13.8 Å². The first-order chi connectivity index (χ1) is 9.42. The molecule has 1 heterocycles. The average molecular weight is 274 g/mol. The standard InChI is InChI=1S/C16H22N2O2/c1-5-16(6-2)14(19)17-15(20)18(16)10-13-8-11(3)7-12(4)9-13/h7-9H,5-6,10H2,1-4H3,(H,17,19,20). The molecular formula is C16H22N2O2. The topological polar surface area (TPSA) is 49.4 Å². The van der Waals surface area contributed by atoms with Crippen LogP contribution in [0.25, 0.3) is 0 Å². The highest BCUT2D eigenvalue weighted by Gasteiger charge is 2.50. The molecule has 2 rings (SSSR count). The molecule has 0 saturated carbocycles. The molecule has 1 aromatic carbocycles. The minimum atomic E-state index is -0.700. The van der Waals surface area contributed by atoms with Crippen molar-refractivity contribution in [1.29, 1.82) is 0 Å². The van der Waals surface area contributed by atoms with E-state index in [1.807, 2.05) is 27.7 Å². The van der Waals surface area contributed by atoms with Crippen molar-refractivity contribution in [2.24, 2.45) is 0 Å². The summed E-state index contributed by atoms with van der Waals surface area (Å²) in [6.07, 6.45) is 1.26. The summed E-state index contributed by atoms with van der Waals surface area (Å²) in [6.45, 7) is 8.46. The van der Waals surface area contributed by atoms with Gasteiger partial charge in [0.2, 0.25) is 0 Å². The maximum atomic E-state index is 12.1. The average Bonchev–Trinajstić information content (AvgIpc) is 2.60. The molecule has 108 valence electrons. The third-order valence-corrected chi connectivity index (χ3v) is 4.20. The van der Waals surface area contributed by atoms with E-state index in [0.717, 1.165) is 5.56 Å². The number of imide groups is 1. The minimum Gasteiger partial charge on any atom is -0.305 e. The number of carbonyl (C=O) groups excluding carboxylic acids is 2. The van der Waals surface area contributed by atoms with Crippen LogP contribution in [0.3, 0.4) is 0 Å². The highest BCUT2D eigenvalue weighted by Crippen LogP contribution is 2.31. The predicted molar refractivity (Wildman–Crippen MR) is 78.3 cm³/mol. The number of hydrogen-bond donors (Lipinski definition) is 1. The molecule has 0 radical (unpaired) electrons. The Hall–Kier alpha value is -1.84. The van der Waals surface area contributed by atoms with Gasteiger partial charge >= 0.3 is 6.03 Å². The van der Waals surface area contributed by atoms with E-state index >= 15 is 0 Å². The molecule has 20 heavy (non-hydrogen) atoms. The van der Waals surface area contributed by atoms with E-state index in [2.05, 4.69) is 23.5 Å². The van der Waals surface area contributed by atoms with E-state index in [1.165, 1.54) is 11.1 Å². The molecule has 1 saturated heterocycles. The molecule has 0 aromatic heterocycles. The third kappa shape index (κ3) is 2.30. The van der Waals surface area contributed by atoms with Crippen LogP contribution < -0.4 is 5.32 Å². The smallest absolute Gasteiger partial charge is 0.305 e. The van der Waals surface area contributed by atoms with Crippen LogP contribution in [-0.2, 0) is 11.3 Å². The van der Waals surface area contributed by atoms with Crippen LogP contribution in [0.4, 0.5) is 4.79 Å². The van der Waals surface area contributed by atoms with E-state index in [1.54, 1.807) is 4.90 Å². The highest BCUT2D eigenvalue weighted by atomic mass is 16.2. The van der Waals surface area contributed by atoms with Crippen LogP contribution in [0.15, 0.2) is 18.2 Å². The molecule has 4 nitrogen and oxygen atoms in total. The number of amides is 3. The van der Waals surface area contributed by atoms with Crippen LogP contribution in [-0.4, -0.2) is 22.4 Å². The first kappa shape index (κ1) is 14.6. The van der Waals surface area contributed by atoms with Gasteiger partial charge in [0.05, 0.1) is 0 Å². The van der Waals surface area contributed by atoms with E-state index in [0.29, 0.717) is 19.4 Å². The van der Waals surface area contributed by atoms with Crippen molar-refractivity contribution in [2.75, 3.05) is 0 Å². The van der Waals surface area contributed by atoms with Gasteiger partial charge in [-0.3, -0.25) is 10.1 Å². The van der Waals surface area contributed by atoms with Gasteiger partial charge in [-0.1, -0.05) is 43.2 Å². The van der Waals surface area contributed by atoms with Gasteiger partial charge in [0, 0.05) is 6.54 Å². The number of carbonyl (C=O) groups is 2. The first-order valence-electron chi connectivity index (χ1n) is 7.13. The predicted octanol–water partition coefficient (Wildman–Crippen LogP) is 2.91. The van der Waals surface area contributed by atoms with Gasteiger partial charge in [0.25, 0.3) is 5.91 Å². The second-order valence-corrected chi connectivity index (χ2v) is 5.58. The van der Waals surface area contributed by atoms with E-state index in [4.69, 9.17) is 0 Å². The molecule has 4 heteroatoms. The number of nitrogens with one attached hydrogen (secondary N) is 1. The Labute approximate surface area is 120 Å². The molecule has 3 amide bonds. The van der Waals surface area contributed by atoms with Crippen molar-refractivity contribution in [3.63, 3.8) is 0 Å². The molecular weight excluding hydrogens is 252 g/mol. The lowest BCUT2D eigenvalue weighted by Gasteiger charge is -2.33. The third-order valence-electron chi connectivity index (χ3n) is 4.20. The first-order valence-corrected chi connectivity index (χ1v) is 7.13. The maximum Gasteiger partial charge on any atom is 0.325 e. The van der Waals surface area contributed by atoms with Gasteiger partial charge in [0.1, 0.15) is 5.54 Å². The summed E-state index contributed by atoms with van der Waals surface area (Å²) in [5, 5.41) is 2.46. The molecule has 1 aromatic rings. The van der Waals surface area contributed by atoms with Crippen LogP contribution in [0.5, 0.6) is 0 Å². The number of benzene rings is 1. The zero-order chi connectivity index (χ0) is 14.9. The summed E-state index contributed by atoms with van der Waals surface area (Å²) in [4.78, 5) is 25.9. The number of nitrogens with zero attached hydrogens (tertiary/aromatic N) is 1. The lowest BCUT2D eigenvalue weighted by atomic mass is 9.90. The number of hydrogen-bond acceptors (Lipinski definition) is 2. The lowest BCUT2D eigenvalue weighted by molar-refractivity contribution is -0.127. The number of aryl methyl sites for hydroxylation is 2. The van der Waals surface area contributed by atoms with Gasteiger partial charge in [0.15, 0.2) is 0 Å². The fourth-order valence-electron chi connectivity index (χ4n) is 3.12. The van der Waals surface area contributed by atoms with E-state index in [-0.39, 0.29) is 11.9 Å². The zero-order valence-electron chi connectivity index (χ0n) is 12.6. The lowest BCUT2D eigenvalue weighted by Crippen LogP contribution is -2.48. The fraction of sp³-hybridized carbons (Fsp3) is 0.500. The summed E-state index contributed by atoms with van der Waals surface area (Å²) < 4.78 is 0. The summed E-state index contributed by atoms with van der Waals surface area (Å²) in [6, 6.07) is 5.96. The SMILES string of the molecule is CCC1(CC)C(=O)NC(=O)N1Cc1cc(C)cc(C)c1. The fourth-order valence-corrected chi connectivity index (χ4v) is 3.12. The number of rotatable bonds is 4. The Morgan fingerprint density at radius 3 is 2.10 bits per heavy atom. The Morgan fingerprint density at radius 2 is 1.60 bits per heavy atom. The maximum absolute atomic E-state index is 12.1. The van der Waals surface area contributed by atoms with Crippen molar-refractivity contribution >= 4 is 11.9 Å². The molecule has 1 aliphatic heterocycles. The molecule has 0 aliphatic carbocycles. The van der Waals surface area contributed by atoms with Crippen molar-refractivity contribution in [2.45, 2.75) is 52.6 Å². The quantitative estimate of drug-likeness (QED) is 0.858. The largest absolute Gasteiger partial charge is 0.325 e. The van der Waals surface area contributed by atoms with Crippen LogP contribution in [0.2, 0.25) is 0 Å². The highest BCUT2D eigenvalue weighted by molar-refractivity contribution is 6.06. The normalized spacial score (nSPS) is 17.5. The van der Waals surface area contributed by atoms with Gasteiger partial charge in [-0.15, -0.1) is 0 Å². The Bertz CT molecular complexity index is 527. The second-order valence-electron chi connectivity index (χ2n) is 5.58. The number of urea groups is 1. The summed E-state index contributed by atoms with van der Waals surface area (Å²) in [5.41, 5.74) is 2.71. The molecule has 0 spiro atoms. The van der Waals surface area contributed by atoms with E-state index < -0.39 is 5.54 Å². The van der Waals surface area contributed by atoms with Gasteiger partial charge in [-0.2, -0.15) is 0 Å². The second kappa shape index (κ2) is 5.27. The minimum absolute atomic E-state index is 0.170. The Morgan fingerprint density at radius 1 is 1.05 bits per heavy atom. The summed E-state index contributed by atoms with van der Waals surface area (Å²) >= 11 is 0. The van der Waals surface area contributed by atoms with Gasteiger partial charge in [-0.05, 0) is 32.3 Å². The molecule has 1 fully saturated rings. The Balaban J connectivity index is 2.34. The molecule has 1 aliphatic rings. The zero-order valence-corrected chi connectivity index (χ0v) is 12.6. The van der Waals surface area contributed by atoms with E-state index in [9.17, 15) is 9.59 Å². The van der Waals surface area contributed by atoms with Crippen molar-refractivity contribution in [1.82, 2.24) is 10.2 Å². The monoisotopic (exact) mass is 274 g/mol. The van der Waals surface area contributed by atoms with Crippen molar-refractivity contribution in [3.8, 4) is 0 Å². The van der Waals surface area contributed by atoms with Crippen LogP contribution >= 0.6 is 0 Å². The van der Waals surface area contributed by atoms with Gasteiger partial charge in [-0.25, -0.2) is 4.79 Å². The van der Waals surface area contributed by atoms with Crippen LogP contribution in [0.1, 0.15) is 43.4 Å². The van der Waals surface area contributed by atoms with Crippen molar-refractivity contribution in [3.05, 3.63) is 34.9 Å². The molecule has 1 N–H and O–H groups in total. The molecule has 0 bridgehead atoms. The van der Waals surface area contributed by atoms with Crippen molar-refractivity contribution < 1.29 is 9.59 Å². The molecule has 0 atom stereocenters. The summed E-state index contributed by atoms with van der Waals surface area (Å²) in [7, 11) is 0. The summed E-state index contributed by atoms with van der Waals surface area (Å²) in [5.74, 6) is -0.170. The van der Waals surface area contributed by atoms with Gasteiger partial charge < -0.3 is 4.90 Å². The molecule has 0 unspecified atom stereocenters. The Kier molecular flexibility index (Phi) is 3.84.